The van der Waals surface area contributed by atoms with E-state index in [1.165, 1.54) is 17.3 Å². The number of amides is 1. The number of hydrogen-bond acceptors (Lipinski definition) is 5. The number of aryl methyl sites for hydroxylation is 2. The fourth-order valence-corrected chi connectivity index (χ4v) is 3.97. The number of aromatic nitrogens is 4. The Kier molecular flexibility index (Phi) is 6.46. The van der Waals surface area contributed by atoms with Crippen LogP contribution in [0.15, 0.2) is 47.9 Å². The SMILES string of the molecule is CCN(CC)C(=O)CSc1nnc(-c2ccncc2)n1-c1ccc(C)cc1C. The van der Waals surface area contributed by atoms with Gasteiger partial charge >= 0.3 is 0 Å². The number of thioether (sulfide) groups is 1. The Morgan fingerprint density at radius 2 is 1.79 bits per heavy atom. The predicted molar refractivity (Wildman–Crippen MR) is 113 cm³/mol. The molecule has 7 heteroatoms. The van der Waals surface area contributed by atoms with Crippen LogP contribution in [0.2, 0.25) is 0 Å². The van der Waals surface area contributed by atoms with Crippen molar-refractivity contribution in [3.63, 3.8) is 0 Å². The molecule has 0 aliphatic heterocycles. The highest BCUT2D eigenvalue weighted by atomic mass is 32.2. The van der Waals surface area contributed by atoms with E-state index in [9.17, 15) is 4.79 Å². The van der Waals surface area contributed by atoms with E-state index in [2.05, 4.69) is 47.2 Å². The molecule has 0 radical (unpaired) electrons. The zero-order chi connectivity index (χ0) is 20.1. The Balaban J connectivity index is 2.01. The van der Waals surface area contributed by atoms with E-state index in [0.29, 0.717) is 24.0 Å². The predicted octanol–water partition coefficient (Wildman–Crippen LogP) is 3.91. The Hall–Kier alpha value is -2.67. The summed E-state index contributed by atoms with van der Waals surface area (Å²) in [6.45, 7) is 9.56. The van der Waals surface area contributed by atoms with E-state index in [0.717, 1.165) is 22.6 Å². The fraction of sp³-hybridized carbons (Fsp3) is 0.333. The molecule has 146 valence electrons. The number of carbonyl (C=O) groups excluding carboxylic acids is 1. The second kappa shape index (κ2) is 9.01. The summed E-state index contributed by atoms with van der Waals surface area (Å²) in [5.41, 5.74) is 4.28. The van der Waals surface area contributed by atoms with E-state index in [4.69, 9.17) is 0 Å². The van der Waals surface area contributed by atoms with Gasteiger partial charge < -0.3 is 4.90 Å². The lowest BCUT2D eigenvalue weighted by Crippen LogP contribution is -2.31. The summed E-state index contributed by atoms with van der Waals surface area (Å²) in [5, 5.41) is 9.54. The first-order chi connectivity index (χ1) is 13.5. The Morgan fingerprint density at radius 1 is 1.07 bits per heavy atom. The van der Waals surface area contributed by atoms with Crippen molar-refractivity contribution in [2.24, 2.45) is 0 Å². The Bertz CT molecular complexity index is 951. The number of benzene rings is 1. The molecule has 6 nitrogen and oxygen atoms in total. The molecule has 0 saturated carbocycles. The average Bonchev–Trinajstić information content (AvgIpc) is 3.11. The number of rotatable bonds is 7. The normalized spacial score (nSPS) is 10.9. The zero-order valence-electron chi connectivity index (χ0n) is 16.7. The molecule has 0 N–H and O–H groups in total. The molecule has 2 aromatic heterocycles. The van der Waals surface area contributed by atoms with Gasteiger partial charge in [-0.05, 0) is 51.5 Å². The summed E-state index contributed by atoms with van der Waals surface area (Å²) in [6.07, 6.45) is 3.49. The van der Waals surface area contributed by atoms with Gasteiger partial charge in [0.2, 0.25) is 5.91 Å². The highest BCUT2D eigenvalue weighted by Crippen LogP contribution is 2.29. The van der Waals surface area contributed by atoms with E-state index in [1.807, 2.05) is 35.4 Å². The van der Waals surface area contributed by atoms with Crippen LogP contribution in [-0.2, 0) is 4.79 Å². The van der Waals surface area contributed by atoms with Crippen molar-refractivity contribution in [2.75, 3.05) is 18.8 Å². The maximum absolute atomic E-state index is 12.5. The van der Waals surface area contributed by atoms with E-state index in [-0.39, 0.29) is 5.91 Å². The first-order valence-corrected chi connectivity index (χ1v) is 10.4. The summed E-state index contributed by atoms with van der Waals surface area (Å²) < 4.78 is 2.03. The van der Waals surface area contributed by atoms with Crippen molar-refractivity contribution in [3.8, 4) is 17.1 Å². The van der Waals surface area contributed by atoms with Crippen molar-refractivity contribution in [1.82, 2.24) is 24.6 Å². The van der Waals surface area contributed by atoms with E-state index in [1.54, 1.807) is 12.4 Å². The van der Waals surface area contributed by atoms with Gasteiger partial charge in [0.15, 0.2) is 11.0 Å². The molecular formula is C21H25N5OS. The highest BCUT2D eigenvalue weighted by Gasteiger charge is 2.19. The van der Waals surface area contributed by atoms with Crippen molar-refractivity contribution >= 4 is 17.7 Å². The third-order valence-corrected chi connectivity index (χ3v) is 5.52. The average molecular weight is 396 g/mol. The number of hydrogen-bond donors (Lipinski definition) is 0. The minimum Gasteiger partial charge on any atom is -0.343 e. The molecule has 0 aliphatic carbocycles. The maximum atomic E-state index is 12.5. The van der Waals surface area contributed by atoms with E-state index < -0.39 is 0 Å². The summed E-state index contributed by atoms with van der Waals surface area (Å²) >= 11 is 1.42. The number of nitrogens with zero attached hydrogens (tertiary/aromatic N) is 5. The van der Waals surface area contributed by atoms with Crippen molar-refractivity contribution < 1.29 is 4.79 Å². The molecule has 2 heterocycles. The molecule has 0 aliphatic rings. The first-order valence-electron chi connectivity index (χ1n) is 9.39. The van der Waals surface area contributed by atoms with Crippen LogP contribution in [0.25, 0.3) is 17.1 Å². The smallest absolute Gasteiger partial charge is 0.233 e. The first kappa shape index (κ1) is 20.1. The van der Waals surface area contributed by atoms with Crippen LogP contribution in [0, 0.1) is 13.8 Å². The lowest BCUT2D eigenvalue weighted by atomic mass is 10.1. The maximum Gasteiger partial charge on any atom is 0.233 e. The summed E-state index contributed by atoms with van der Waals surface area (Å²) in [4.78, 5) is 18.4. The molecule has 0 atom stereocenters. The van der Waals surface area contributed by atoms with Crippen LogP contribution < -0.4 is 0 Å². The summed E-state index contributed by atoms with van der Waals surface area (Å²) in [6, 6.07) is 10.1. The van der Waals surface area contributed by atoms with Crippen LogP contribution in [0.3, 0.4) is 0 Å². The van der Waals surface area contributed by atoms with Crippen molar-refractivity contribution in [3.05, 3.63) is 53.9 Å². The molecule has 3 rings (SSSR count). The van der Waals surface area contributed by atoms with Gasteiger partial charge in [0.05, 0.1) is 11.4 Å². The standard InChI is InChI=1S/C21H25N5OS/c1-5-25(6-2)19(27)14-28-21-24-23-20(17-9-11-22-12-10-17)26(21)18-8-7-15(3)13-16(18)4/h7-13H,5-6,14H2,1-4H3. The molecule has 0 spiro atoms. The second-order valence-electron chi connectivity index (χ2n) is 6.52. The molecule has 0 bridgehead atoms. The molecule has 0 saturated heterocycles. The van der Waals surface area contributed by atoms with Gasteiger partial charge in [0, 0.05) is 31.0 Å². The van der Waals surface area contributed by atoms with Crippen LogP contribution in [0.5, 0.6) is 0 Å². The summed E-state index contributed by atoms with van der Waals surface area (Å²) in [7, 11) is 0. The molecule has 3 aromatic rings. The second-order valence-corrected chi connectivity index (χ2v) is 7.46. The minimum absolute atomic E-state index is 0.107. The van der Waals surface area contributed by atoms with Crippen LogP contribution in [-0.4, -0.2) is 49.4 Å². The molecule has 0 fully saturated rings. The molecule has 1 amide bonds. The third kappa shape index (κ3) is 4.25. The van der Waals surface area contributed by atoms with E-state index >= 15 is 0 Å². The molecule has 1 aromatic carbocycles. The van der Waals surface area contributed by atoms with Gasteiger partial charge in [-0.25, -0.2) is 0 Å². The Labute approximate surface area is 170 Å². The van der Waals surface area contributed by atoms with Gasteiger partial charge in [0.1, 0.15) is 0 Å². The molecular weight excluding hydrogens is 370 g/mol. The lowest BCUT2D eigenvalue weighted by Gasteiger charge is -2.18. The lowest BCUT2D eigenvalue weighted by molar-refractivity contribution is -0.127. The largest absolute Gasteiger partial charge is 0.343 e. The van der Waals surface area contributed by atoms with Gasteiger partial charge in [-0.3, -0.25) is 14.3 Å². The van der Waals surface area contributed by atoms with Crippen LogP contribution >= 0.6 is 11.8 Å². The monoisotopic (exact) mass is 395 g/mol. The van der Waals surface area contributed by atoms with Gasteiger partial charge in [-0.2, -0.15) is 0 Å². The Morgan fingerprint density at radius 3 is 2.43 bits per heavy atom. The third-order valence-electron chi connectivity index (χ3n) is 4.61. The number of pyridine rings is 1. The minimum atomic E-state index is 0.107. The van der Waals surface area contributed by atoms with Crippen molar-refractivity contribution in [2.45, 2.75) is 32.9 Å². The van der Waals surface area contributed by atoms with Gasteiger partial charge in [0.25, 0.3) is 0 Å². The zero-order valence-corrected chi connectivity index (χ0v) is 17.5. The van der Waals surface area contributed by atoms with Crippen LogP contribution in [0.4, 0.5) is 0 Å². The number of carbonyl (C=O) groups is 1. The van der Waals surface area contributed by atoms with Gasteiger partial charge in [-0.1, -0.05) is 29.5 Å². The highest BCUT2D eigenvalue weighted by molar-refractivity contribution is 7.99. The fourth-order valence-electron chi connectivity index (χ4n) is 3.12. The van der Waals surface area contributed by atoms with Gasteiger partial charge in [-0.15, -0.1) is 10.2 Å². The molecule has 0 unspecified atom stereocenters. The van der Waals surface area contributed by atoms with Crippen molar-refractivity contribution in [1.29, 1.82) is 0 Å². The topological polar surface area (TPSA) is 63.9 Å². The van der Waals surface area contributed by atoms with Crippen LogP contribution in [0.1, 0.15) is 25.0 Å². The quantitative estimate of drug-likeness (QED) is 0.568. The summed E-state index contributed by atoms with van der Waals surface area (Å²) in [5.74, 6) is 1.18. The molecule has 28 heavy (non-hydrogen) atoms.